The average molecular weight is 420 g/mol. The number of morpholine rings is 1. The number of imide groups is 1. The maximum atomic E-state index is 13.6. The van der Waals surface area contributed by atoms with Gasteiger partial charge in [0.2, 0.25) is 6.79 Å². The van der Waals surface area contributed by atoms with Gasteiger partial charge in [-0.25, -0.2) is 0 Å². The van der Waals surface area contributed by atoms with Crippen LogP contribution in [0.4, 0.5) is 0 Å². The molecule has 5 rings (SSSR count). The Morgan fingerprint density at radius 1 is 0.903 bits per heavy atom. The van der Waals surface area contributed by atoms with Gasteiger partial charge in [0, 0.05) is 13.1 Å². The molecule has 0 atom stereocenters. The Morgan fingerprint density at radius 3 is 2.45 bits per heavy atom. The molecule has 1 saturated heterocycles. The van der Waals surface area contributed by atoms with Crippen molar-refractivity contribution in [3.05, 3.63) is 64.3 Å². The molecule has 2 aromatic rings. The van der Waals surface area contributed by atoms with Gasteiger partial charge >= 0.3 is 0 Å². The molecule has 0 bridgehead atoms. The minimum atomic E-state index is -0.267. The Kier molecular flexibility index (Phi) is 4.90. The zero-order valence-corrected chi connectivity index (χ0v) is 17.6. The lowest BCUT2D eigenvalue weighted by molar-refractivity contribution is -0.138. The molecule has 0 unspecified atom stereocenters. The van der Waals surface area contributed by atoms with Gasteiger partial charge in [0.25, 0.3) is 11.8 Å². The normalized spacial score (nSPS) is 18.4. The zero-order valence-electron chi connectivity index (χ0n) is 17.6. The molecular formula is C24H24N2O5. The maximum Gasteiger partial charge on any atom is 0.278 e. The molecule has 0 saturated carbocycles. The summed E-state index contributed by atoms with van der Waals surface area (Å²) in [6.07, 6.45) is 0. The van der Waals surface area contributed by atoms with E-state index in [0.29, 0.717) is 49.1 Å². The van der Waals surface area contributed by atoms with Crippen molar-refractivity contribution in [2.45, 2.75) is 20.4 Å². The molecule has 160 valence electrons. The van der Waals surface area contributed by atoms with Crippen LogP contribution in [0.1, 0.15) is 22.3 Å². The molecule has 1 fully saturated rings. The van der Waals surface area contributed by atoms with Crippen LogP contribution in [0.2, 0.25) is 0 Å². The number of carbonyl (C=O) groups excluding carboxylic acids is 2. The lowest BCUT2D eigenvalue weighted by Gasteiger charge is -2.29. The summed E-state index contributed by atoms with van der Waals surface area (Å²) in [4.78, 5) is 30.4. The molecule has 0 spiro atoms. The second-order valence-corrected chi connectivity index (χ2v) is 8.03. The summed E-state index contributed by atoms with van der Waals surface area (Å²) in [6, 6.07) is 11.5. The molecule has 0 radical (unpaired) electrons. The summed E-state index contributed by atoms with van der Waals surface area (Å²) in [5.41, 5.74) is 4.66. The minimum absolute atomic E-state index is 0.177. The van der Waals surface area contributed by atoms with E-state index in [-0.39, 0.29) is 25.2 Å². The number of benzene rings is 2. The van der Waals surface area contributed by atoms with E-state index in [9.17, 15) is 9.59 Å². The second-order valence-electron chi connectivity index (χ2n) is 8.03. The van der Waals surface area contributed by atoms with E-state index in [1.54, 1.807) is 0 Å². The Bertz CT molecular complexity index is 1100. The first kappa shape index (κ1) is 19.6. The van der Waals surface area contributed by atoms with E-state index in [2.05, 4.69) is 0 Å². The first-order valence-corrected chi connectivity index (χ1v) is 10.4. The molecule has 0 aromatic heterocycles. The van der Waals surface area contributed by atoms with Crippen molar-refractivity contribution >= 4 is 17.4 Å². The monoisotopic (exact) mass is 420 g/mol. The minimum Gasteiger partial charge on any atom is -0.454 e. The predicted molar refractivity (Wildman–Crippen MR) is 113 cm³/mol. The largest absolute Gasteiger partial charge is 0.454 e. The first-order valence-electron chi connectivity index (χ1n) is 10.4. The van der Waals surface area contributed by atoms with Gasteiger partial charge < -0.3 is 19.1 Å². The number of rotatable bonds is 4. The standard InChI is InChI=1S/C24H24N2O5/c1-15-3-5-18(16(2)11-15)21-22(25-7-9-29-10-8-25)24(28)26(23(21)27)13-17-4-6-19-20(12-17)31-14-30-19/h3-6,11-12H,7-10,13-14H2,1-2H3. The number of nitrogens with zero attached hydrogens (tertiary/aromatic N) is 2. The third kappa shape index (κ3) is 3.45. The van der Waals surface area contributed by atoms with Crippen LogP contribution >= 0.6 is 0 Å². The van der Waals surface area contributed by atoms with Gasteiger partial charge in [-0.1, -0.05) is 29.8 Å². The summed E-state index contributed by atoms with van der Waals surface area (Å²) in [5, 5.41) is 0. The third-order valence-electron chi connectivity index (χ3n) is 5.90. The molecule has 7 nitrogen and oxygen atoms in total. The van der Waals surface area contributed by atoms with Crippen LogP contribution < -0.4 is 9.47 Å². The zero-order chi connectivity index (χ0) is 21.5. The van der Waals surface area contributed by atoms with Crippen molar-refractivity contribution in [3.8, 4) is 11.5 Å². The van der Waals surface area contributed by atoms with Crippen LogP contribution in [-0.2, 0) is 20.9 Å². The van der Waals surface area contributed by atoms with Gasteiger partial charge in [-0.2, -0.15) is 0 Å². The van der Waals surface area contributed by atoms with Gasteiger partial charge in [-0.3, -0.25) is 14.5 Å². The van der Waals surface area contributed by atoms with Gasteiger partial charge in [-0.15, -0.1) is 0 Å². The SMILES string of the molecule is Cc1ccc(C2=C(N3CCOCC3)C(=O)N(Cc3ccc4c(c3)OCO4)C2=O)c(C)c1. The highest BCUT2D eigenvalue weighted by Crippen LogP contribution is 2.36. The molecule has 3 aliphatic heterocycles. The van der Waals surface area contributed by atoms with E-state index >= 15 is 0 Å². The Hall–Kier alpha value is -3.32. The molecular weight excluding hydrogens is 396 g/mol. The summed E-state index contributed by atoms with van der Waals surface area (Å²) >= 11 is 0. The fourth-order valence-corrected chi connectivity index (χ4v) is 4.35. The second kappa shape index (κ2) is 7.74. The third-order valence-corrected chi connectivity index (χ3v) is 5.90. The number of ether oxygens (including phenoxy) is 3. The van der Waals surface area contributed by atoms with Crippen LogP contribution in [0.25, 0.3) is 5.57 Å². The molecule has 3 aliphatic rings. The molecule has 3 heterocycles. The van der Waals surface area contributed by atoms with Crippen LogP contribution in [0.3, 0.4) is 0 Å². The summed E-state index contributed by atoms with van der Waals surface area (Å²) in [5.74, 6) is 0.772. The summed E-state index contributed by atoms with van der Waals surface area (Å²) in [6.45, 7) is 6.59. The van der Waals surface area contributed by atoms with Crippen LogP contribution in [-0.4, -0.2) is 54.7 Å². The highest BCUT2D eigenvalue weighted by molar-refractivity contribution is 6.35. The quantitative estimate of drug-likeness (QED) is 0.709. The number of fused-ring (bicyclic) bond motifs is 1. The van der Waals surface area contributed by atoms with Crippen molar-refractivity contribution in [1.82, 2.24) is 9.80 Å². The van der Waals surface area contributed by atoms with E-state index in [1.807, 2.05) is 55.1 Å². The van der Waals surface area contributed by atoms with E-state index in [1.165, 1.54) is 4.90 Å². The first-order chi connectivity index (χ1) is 15.0. The molecule has 7 heteroatoms. The van der Waals surface area contributed by atoms with Crippen molar-refractivity contribution in [2.75, 3.05) is 33.1 Å². The van der Waals surface area contributed by atoms with Crippen molar-refractivity contribution < 1.29 is 23.8 Å². The van der Waals surface area contributed by atoms with Crippen molar-refractivity contribution in [2.24, 2.45) is 0 Å². The highest BCUT2D eigenvalue weighted by atomic mass is 16.7. The Labute approximate surface area is 180 Å². The molecule has 2 aromatic carbocycles. The summed E-state index contributed by atoms with van der Waals surface area (Å²) in [7, 11) is 0. The Balaban J connectivity index is 1.53. The number of hydrogen-bond donors (Lipinski definition) is 0. The van der Waals surface area contributed by atoms with Crippen LogP contribution in [0.15, 0.2) is 42.1 Å². The molecule has 31 heavy (non-hydrogen) atoms. The maximum absolute atomic E-state index is 13.6. The van der Waals surface area contributed by atoms with E-state index in [4.69, 9.17) is 14.2 Å². The van der Waals surface area contributed by atoms with E-state index in [0.717, 1.165) is 22.3 Å². The molecule has 2 amide bonds. The average Bonchev–Trinajstić information content (AvgIpc) is 3.32. The van der Waals surface area contributed by atoms with Crippen molar-refractivity contribution in [1.29, 1.82) is 0 Å². The Morgan fingerprint density at radius 2 is 1.68 bits per heavy atom. The fraction of sp³-hybridized carbons (Fsp3) is 0.333. The lowest BCUT2D eigenvalue weighted by Crippen LogP contribution is -2.40. The molecule has 0 aliphatic carbocycles. The lowest BCUT2D eigenvalue weighted by atomic mass is 9.97. The number of amides is 2. The number of hydrogen-bond acceptors (Lipinski definition) is 6. The van der Waals surface area contributed by atoms with Gasteiger partial charge in [0.1, 0.15) is 5.70 Å². The summed E-state index contributed by atoms with van der Waals surface area (Å²) < 4.78 is 16.3. The fourth-order valence-electron chi connectivity index (χ4n) is 4.35. The number of aryl methyl sites for hydroxylation is 2. The van der Waals surface area contributed by atoms with Crippen molar-refractivity contribution in [3.63, 3.8) is 0 Å². The van der Waals surface area contributed by atoms with Gasteiger partial charge in [0.15, 0.2) is 11.5 Å². The van der Waals surface area contributed by atoms with Crippen LogP contribution in [0.5, 0.6) is 11.5 Å². The van der Waals surface area contributed by atoms with Crippen LogP contribution in [0, 0.1) is 13.8 Å². The topological polar surface area (TPSA) is 68.3 Å². The van der Waals surface area contributed by atoms with E-state index < -0.39 is 0 Å². The molecule has 0 N–H and O–H groups in total. The predicted octanol–water partition coefficient (Wildman–Crippen LogP) is 2.64. The smallest absolute Gasteiger partial charge is 0.278 e. The van der Waals surface area contributed by atoms with Gasteiger partial charge in [0.05, 0.1) is 25.3 Å². The van der Waals surface area contributed by atoms with Gasteiger partial charge in [-0.05, 0) is 42.7 Å². The highest BCUT2D eigenvalue weighted by Gasteiger charge is 2.42. The number of carbonyl (C=O) groups is 2.